The van der Waals surface area contributed by atoms with Crippen LogP contribution in [0.4, 0.5) is 4.79 Å². The monoisotopic (exact) mass is 480 g/mol. The van der Waals surface area contributed by atoms with E-state index in [0.717, 1.165) is 22.4 Å². The first-order valence-corrected chi connectivity index (χ1v) is 12.0. The number of hydrogen-bond acceptors (Lipinski definition) is 5. The minimum atomic E-state index is -0.777. The molecule has 0 aliphatic carbocycles. The van der Waals surface area contributed by atoms with E-state index in [-0.39, 0.29) is 12.5 Å². The Hall–Kier alpha value is -3.39. The standard InChI is InChI=1S/C27H36N4O4/c1-6-18-31(26(33)35-27(2,3)4)23(25(32)29-34-19-20-12-8-7-9-13-20)16-17-24-28-21-14-10-11-15-22(21)30(24)5/h7-15,23H,6,16-19H2,1-5H3,(H,29,32)/t23-/m0/s1. The van der Waals surface area contributed by atoms with Gasteiger partial charge in [-0.1, -0.05) is 49.4 Å². The van der Waals surface area contributed by atoms with Gasteiger partial charge in [-0.25, -0.2) is 15.3 Å². The van der Waals surface area contributed by atoms with Crippen LogP contribution in [0, 0.1) is 0 Å². The van der Waals surface area contributed by atoms with E-state index in [2.05, 4.69) is 5.48 Å². The van der Waals surface area contributed by atoms with Crippen molar-refractivity contribution in [3.8, 4) is 0 Å². The van der Waals surface area contributed by atoms with E-state index in [4.69, 9.17) is 14.6 Å². The molecule has 0 aliphatic heterocycles. The summed E-state index contributed by atoms with van der Waals surface area (Å²) in [4.78, 5) is 38.1. The minimum absolute atomic E-state index is 0.226. The lowest BCUT2D eigenvalue weighted by Crippen LogP contribution is -2.51. The molecule has 188 valence electrons. The number of para-hydroxylation sites is 2. The fourth-order valence-corrected chi connectivity index (χ4v) is 3.88. The van der Waals surface area contributed by atoms with Gasteiger partial charge in [0, 0.05) is 20.0 Å². The third kappa shape index (κ3) is 7.29. The quantitative estimate of drug-likeness (QED) is 0.423. The van der Waals surface area contributed by atoms with Gasteiger partial charge in [0.25, 0.3) is 5.91 Å². The van der Waals surface area contributed by atoms with Crippen molar-refractivity contribution < 1.29 is 19.2 Å². The summed E-state index contributed by atoms with van der Waals surface area (Å²) in [6.07, 6.45) is 1.04. The average molecular weight is 481 g/mol. The van der Waals surface area contributed by atoms with Crippen molar-refractivity contribution >= 4 is 23.0 Å². The highest BCUT2D eigenvalue weighted by atomic mass is 16.7. The topological polar surface area (TPSA) is 85.7 Å². The predicted octanol–water partition coefficient (Wildman–Crippen LogP) is 4.77. The molecule has 1 aromatic heterocycles. The summed E-state index contributed by atoms with van der Waals surface area (Å²) in [7, 11) is 1.96. The van der Waals surface area contributed by atoms with Crippen LogP contribution in [0.2, 0.25) is 0 Å². The zero-order valence-corrected chi connectivity index (χ0v) is 21.3. The Labute approximate surface area is 207 Å². The highest BCUT2D eigenvalue weighted by Crippen LogP contribution is 2.19. The average Bonchev–Trinajstić information content (AvgIpc) is 3.13. The van der Waals surface area contributed by atoms with E-state index >= 15 is 0 Å². The van der Waals surface area contributed by atoms with E-state index in [1.807, 2.05) is 93.9 Å². The Kier molecular flexibility index (Phi) is 8.87. The van der Waals surface area contributed by atoms with Crippen LogP contribution in [0.1, 0.15) is 51.9 Å². The van der Waals surface area contributed by atoms with Gasteiger partial charge in [-0.3, -0.25) is 14.5 Å². The summed E-state index contributed by atoms with van der Waals surface area (Å²) in [6, 6.07) is 16.7. The van der Waals surface area contributed by atoms with Gasteiger partial charge >= 0.3 is 6.09 Å². The lowest BCUT2D eigenvalue weighted by Gasteiger charge is -2.32. The molecule has 1 heterocycles. The second-order valence-corrected chi connectivity index (χ2v) is 9.54. The van der Waals surface area contributed by atoms with E-state index in [9.17, 15) is 9.59 Å². The molecule has 0 aliphatic rings. The number of amides is 2. The van der Waals surface area contributed by atoms with E-state index in [0.29, 0.717) is 25.8 Å². The Morgan fingerprint density at radius 3 is 2.43 bits per heavy atom. The number of aryl methyl sites for hydroxylation is 2. The third-order valence-electron chi connectivity index (χ3n) is 5.55. The van der Waals surface area contributed by atoms with Gasteiger partial charge < -0.3 is 9.30 Å². The van der Waals surface area contributed by atoms with Gasteiger partial charge in [-0.15, -0.1) is 0 Å². The van der Waals surface area contributed by atoms with E-state index in [1.54, 1.807) is 0 Å². The number of rotatable bonds is 10. The largest absolute Gasteiger partial charge is 0.444 e. The van der Waals surface area contributed by atoms with Crippen LogP contribution in [0.3, 0.4) is 0 Å². The zero-order chi connectivity index (χ0) is 25.4. The Bertz CT molecular complexity index is 1120. The maximum absolute atomic E-state index is 13.3. The lowest BCUT2D eigenvalue weighted by molar-refractivity contribution is -0.140. The Morgan fingerprint density at radius 2 is 1.77 bits per heavy atom. The summed E-state index contributed by atoms with van der Waals surface area (Å²) in [5, 5.41) is 0. The lowest BCUT2D eigenvalue weighted by atomic mass is 10.1. The SMILES string of the molecule is CCCN(C(=O)OC(C)(C)C)[C@@H](CCc1nc2ccccc2n1C)C(=O)NOCc1ccccc1. The number of hydrogen-bond donors (Lipinski definition) is 1. The summed E-state index contributed by atoms with van der Waals surface area (Å²) >= 11 is 0. The first-order chi connectivity index (χ1) is 16.7. The van der Waals surface area contributed by atoms with Crippen molar-refractivity contribution in [2.45, 2.75) is 65.2 Å². The van der Waals surface area contributed by atoms with Crippen molar-refractivity contribution in [2.75, 3.05) is 6.54 Å². The van der Waals surface area contributed by atoms with Crippen molar-refractivity contribution in [1.82, 2.24) is 19.9 Å². The molecule has 2 amide bonds. The maximum Gasteiger partial charge on any atom is 0.410 e. The number of hydroxylamine groups is 1. The highest BCUT2D eigenvalue weighted by Gasteiger charge is 2.33. The fraction of sp³-hybridized carbons (Fsp3) is 0.444. The molecule has 0 unspecified atom stereocenters. The number of ether oxygens (including phenoxy) is 1. The van der Waals surface area contributed by atoms with Crippen LogP contribution in [0.5, 0.6) is 0 Å². The van der Waals surface area contributed by atoms with Crippen LogP contribution in [0.15, 0.2) is 54.6 Å². The molecule has 35 heavy (non-hydrogen) atoms. The highest BCUT2D eigenvalue weighted by molar-refractivity contribution is 5.85. The maximum atomic E-state index is 13.3. The number of nitrogens with one attached hydrogen (secondary N) is 1. The second kappa shape index (κ2) is 11.8. The van der Waals surface area contributed by atoms with Crippen molar-refractivity contribution in [3.63, 3.8) is 0 Å². The molecule has 1 atom stereocenters. The van der Waals surface area contributed by atoms with Gasteiger partial charge in [0.1, 0.15) is 17.5 Å². The number of carbonyl (C=O) groups excluding carboxylic acids is 2. The number of benzene rings is 2. The molecule has 0 fully saturated rings. The number of aromatic nitrogens is 2. The van der Waals surface area contributed by atoms with Crippen LogP contribution < -0.4 is 5.48 Å². The van der Waals surface area contributed by atoms with Crippen LogP contribution >= 0.6 is 0 Å². The first-order valence-electron chi connectivity index (χ1n) is 12.0. The molecule has 2 aromatic carbocycles. The molecule has 0 saturated heterocycles. The molecule has 0 saturated carbocycles. The van der Waals surface area contributed by atoms with Crippen LogP contribution in [-0.4, -0.2) is 44.6 Å². The predicted molar refractivity (Wildman–Crippen MR) is 135 cm³/mol. The summed E-state index contributed by atoms with van der Waals surface area (Å²) in [6.45, 7) is 8.01. The van der Waals surface area contributed by atoms with Crippen molar-refractivity contribution in [1.29, 1.82) is 0 Å². The van der Waals surface area contributed by atoms with Crippen molar-refractivity contribution in [3.05, 3.63) is 66.0 Å². The number of nitrogens with zero attached hydrogens (tertiary/aromatic N) is 3. The summed E-state index contributed by atoms with van der Waals surface area (Å²) in [5.41, 5.74) is 4.72. The van der Waals surface area contributed by atoms with Crippen molar-refractivity contribution in [2.24, 2.45) is 7.05 Å². The van der Waals surface area contributed by atoms with Crippen LogP contribution in [-0.2, 0) is 34.4 Å². The molecule has 3 rings (SSSR count). The second-order valence-electron chi connectivity index (χ2n) is 9.54. The summed E-state index contributed by atoms with van der Waals surface area (Å²) < 4.78 is 7.65. The van der Waals surface area contributed by atoms with E-state index in [1.165, 1.54) is 4.90 Å². The molecule has 1 N–H and O–H groups in total. The number of carbonyl (C=O) groups is 2. The molecule has 0 bridgehead atoms. The molecule has 0 spiro atoms. The molecular formula is C27H36N4O4. The molecule has 8 heteroatoms. The Balaban J connectivity index is 1.78. The fourth-order valence-electron chi connectivity index (χ4n) is 3.88. The smallest absolute Gasteiger partial charge is 0.410 e. The van der Waals surface area contributed by atoms with Gasteiger partial charge in [-0.05, 0) is 51.3 Å². The van der Waals surface area contributed by atoms with Crippen LogP contribution in [0.25, 0.3) is 11.0 Å². The molecule has 0 radical (unpaired) electrons. The zero-order valence-electron chi connectivity index (χ0n) is 21.3. The normalized spacial score (nSPS) is 12.4. The third-order valence-corrected chi connectivity index (χ3v) is 5.55. The number of fused-ring (bicyclic) bond motifs is 1. The minimum Gasteiger partial charge on any atom is -0.444 e. The number of imidazole rings is 1. The van der Waals surface area contributed by atoms with Gasteiger partial charge in [0.05, 0.1) is 17.6 Å². The van der Waals surface area contributed by atoms with Gasteiger partial charge in [-0.2, -0.15) is 0 Å². The van der Waals surface area contributed by atoms with Gasteiger partial charge in [0.2, 0.25) is 0 Å². The first kappa shape index (κ1) is 26.2. The Morgan fingerprint density at radius 1 is 1.09 bits per heavy atom. The summed E-state index contributed by atoms with van der Waals surface area (Å²) in [5.74, 6) is 0.453. The van der Waals surface area contributed by atoms with E-state index < -0.39 is 17.7 Å². The van der Waals surface area contributed by atoms with Gasteiger partial charge in [0.15, 0.2) is 0 Å². The molecule has 8 nitrogen and oxygen atoms in total. The molecular weight excluding hydrogens is 444 g/mol. The molecule has 3 aromatic rings.